The number of carbonyl (C=O) groups excluding carboxylic acids is 1. The number of benzene rings is 1. The third-order valence-electron chi connectivity index (χ3n) is 1.97. The molecule has 4 heteroatoms. The van der Waals surface area contributed by atoms with E-state index < -0.39 is 0 Å². The van der Waals surface area contributed by atoms with E-state index >= 15 is 0 Å². The Balaban J connectivity index is 2.74. The molecule has 0 amide bonds. The predicted octanol–water partition coefficient (Wildman–Crippen LogP) is 4.37. The molecule has 1 nitrogen and oxygen atoms in total. The molecule has 1 aromatic carbocycles. The number of hydrogen-bond acceptors (Lipinski definition) is 2. The first-order valence-electron chi connectivity index (χ1n) is 3.98. The largest absolute Gasteiger partial charge is 0.298 e. The third kappa shape index (κ3) is 1.66. The molecule has 2 aromatic rings. The van der Waals surface area contributed by atoms with Crippen molar-refractivity contribution in [3.8, 4) is 0 Å². The van der Waals surface area contributed by atoms with Gasteiger partial charge in [0.1, 0.15) is 0 Å². The van der Waals surface area contributed by atoms with Gasteiger partial charge in [-0.05, 0) is 33.4 Å². The molecule has 0 unspecified atom stereocenters. The molecule has 0 radical (unpaired) electrons. The molecule has 0 aliphatic rings. The van der Waals surface area contributed by atoms with Crippen LogP contribution in [0.4, 0.5) is 0 Å². The van der Waals surface area contributed by atoms with Crippen LogP contribution in [0, 0.1) is 0 Å². The monoisotopic (exact) mass is 332 g/mol. The summed E-state index contributed by atoms with van der Waals surface area (Å²) in [5, 5.41) is 2.04. The number of fused-ring (bicyclic) bond motifs is 1. The van der Waals surface area contributed by atoms with E-state index in [1.807, 2.05) is 12.1 Å². The fourth-order valence-corrected chi connectivity index (χ4v) is 3.45. The molecule has 14 heavy (non-hydrogen) atoms. The molecule has 1 heterocycles. The average Bonchev–Trinajstić information content (AvgIpc) is 2.62. The fraction of sp³-hybridized carbons (Fsp3) is 0.100. The highest BCUT2D eigenvalue weighted by molar-refractivity contribution is 9.10. The van der Waals surface area contributed by atoms with Gasteiger partial charge in [0.25, 0.3) is 0 Å². The highest BCUT2D eigenvalue weighted by Gasteiger charge is 2.07. The van der Waals surface area contributed by atoms with E-state index in [1.54, 1.807) is 11.3 Å². The van der Waals surface area contributed by atoms with Gasteiger partial charge >= 0.3 is 0 Å². The summed E-state index contributed by atoms with van der Waals surface area (Å²) < 4.78 is 2.05. The Morgan fingerprint density at radius 3 is 2.86 bits per heavy atom. The van der Waals surface area contributed by atoms with Gasteiger partial charge in [0, 0.05) is 24.9 Å². The van der Waals surface area contributed by atoms with Crippen molar-refractivity contribution in [3.05, 3.63) is 33.1 Å². The van der Waals surface area contributed by atoms with Gasteiger partial charge in [0.2, 0.25) is 0 Å². The van der Waals surface area contributed by atoms with Crippen LogP contribution >= 0.6 is 43.2 Å². The number of rotatable bonds is 2. The smallest absolute Gasteiger partial charge is 0.151 e. The Labute approximate surface area is 102 Å². The molecule has 0 saturated carbocycles. The van der Waals surface area contributed by atoms with Crippen LogP contribution in [0.3, 0.4) is 0 Å². The van der Waals surface area contributed by atoms with Gasteiger partial charge in [-0.15, -0.1) is 11.3 Å². The van der Waals surface area contributed by atoms with E-state index in [4.69, 9.17) is 0 Å². The van der Waals surface area contributed by atoms with E-state index in [9.17, 15) is 4.79 Å². The number of thiophene rings is 1. The number of alkyl halides is 1. The first-order chi connectivity index (χ1) is 6.76. The zero-order valence-electron chi connectivity index (χ0n) is 7.09. The van der Waals surface area contributed by atoms with Crippen molar-refractivity contribution in [3.63, 3.8) is 0 Å². The molecule has 0 saturated heterocycles. The standard InChI is InChI=1S/C10H6Br2OS/c11-4-8-3-6-1-2-7(5-13)9(12)10(6)14-8/h1-3,5H,4H2. The average molecular weight is 334 g/mol. The lowest BCUT2D eigenvalue weighted by atomic mass is 10.2. The minimum atomic E-state index is 0.709. The topological polar surface area (TPSA) is 17.1 Å². The number of hydrogen-bond donors (Lipinski definition) is 0. The highest BCUT2D eigenvalue weighted by Crippen LogP contribution is 2.34. The SMILES string of the molecule is O=Cc1ccc2cc(CBr)sc2c1Br. The van der Waals surface area contributed by atoms with Crippen molar-refractivity contribution in [1.82, 2.24) is 0 Å². The maximum absolute atomic E-state index is 10.7. The summed E-state index contributed by atoms with van der Waals surface area (Å²) in [6, 6.07) is 5.95. The molecular formula is C10H6Br2OS. The van der Waals surface area contributed by atoms with Crippen LogP contribution < -0.4 is 0 Å². The lowest BCUT2D eigenvalue weighted by Gasteiger charge is -1.96. The van der Waals surface area contributed by atoms with Crippen LogP contribution in [0.1, 0.15) is 15.2 Å². The molecule has 0 atom stereocenters. The van der Waals surface area contributed by atoms with Gasteiger partial charge in [0.15, 0.2) is 6.29 Å². The fourth-order valence-electron chi connectivity index (χ4n) is 1.29. The maximum Gasteiger partial charge on any atom is 0.151 e. The minimum Gasteiger partial charge on any atom is -0.298 e. The lowest BCUT2D eigenvalue weighted by Crippen LogP contribution is -1.80. The summed E-state index contributed by atoms with van der Waals surface area (Å²) in [6.45, 7) is 0. The third-order valence-corrected chi connectivity index (χ3v) is 5.23. The Morgan fingerprint density at radius 2 is 2.21 bits per heavy atom. The molecule has 0 aliphatic carbocycles. The van der Waals surface area contributed by atoms with Crippen molar-refractivity contribution < 1.29 is 4.79 Å². The second-order valence-corrected chi connectivity index (χ2v) is 5.34. The summed E-state index contributed by atoms with van der Waals surface area (Å²) >= 11 is 8.57. The van der Waals surface area contributed by atoms with Gasteiger partial charge < -0.3 is 0 Å². The van der Waals surface area contributed by atoms with E-state index in [0.717, 1.165) is 20.8 Å². The van der Waals surface area contributed by atoms with Gasteiger partial charge in [-0.25, -0.2) is 0 Å². The van der Waals surface area contributed by atoms with Crippen LogP contribution in [-0.2, 0) is 5.33 Å². The van der Waals surface area contributed by atoms with Crippen molar-refractivity contribution in [2.24, 2.45) is 0 Å². The van der Waals surface area contributed by atoms with Crippen LogP contribution in [-0.4, -0.2) is 6.29 Å². The number of halogens is 2. The zero-order chi connectivity index (χ0) is 10.1. The Hall–Kier alpha value is -0.190. The molecule has 72 valence electrons. The van der Waals surface area contributed by atoms with Crippen LogP contribution in [0.25, 0.3) is 10.1 Å². The molecular weight excluding hydrogens is 328 g/mol. The zero-order valence-corrected chi connectivity index (χ0v) is 11.1. The minimum absolute atomic E-state index is 0.709. The van der Waals surface area contributed by atoms with Crippen LogP contribution in [0.15, 0.2) is 22.7 Å². The van der Waals surface area contributed by atoms with Gasteiger partial charge in [-0.1, -0.05) is 22.0 Å². The Kier molecular flexibility index (Phi) is 3.04. The maximum atomic E-state index is 10.7. The van der Waals surface area contributed by atoms with E-state index in [2.05, 4.69) is 37.9 Å². The molecule has 2 rings (SSSR count). The molecule has 1 aromatic heterocycles. The van der Waals surface area contributed by atoms with E-state index in [0.29, 0.717) is 5.56 Å². The molecule has 0 N–H and O–H groups in total. The number of aldehydes is 1. The van der Waals surface area contributed by atoms with Crippen molar-refractivity contribution >= 4 is 59.6 Å². The van der Waals surface area contributed by atoms with Crippen LogP contribution in [0.2, 0.25) is 0 Å². The first-order valence-corrected chi connectivity index (χ1v) is 6.71. The first kappa shape index (κ1) is 10.3. The lowest BCUT2D eigenvalue weighted by molar-refractivity contribution is 0.112. The summed E-state index contributed by atoms with van der Waals surface area (Å²) in [4.78, 5) is 12.0. The second kappa shape index (κ2) is 4.13. The Morgan fingerprint density at radius 1 is 1.43 bits per heavy atom. The van der Waals surface area contributed by atoms with E-state index in [-0.39, 0.29) is 0 Å². The highest BCUT2D eigenvalue weighted by atomic mass is 79.9. The van der Waals surface area contributed by atoms with Crippen molar-refractivity contribution in [1.29, 1.82) is 0 Å². The van der Waals surface area contributed by atoms with Gasteiger partial charge in [-0.3, -0.25) is 4.79 Å². The van der Waals surface area contributed by atoms with Crippen molar-refractivity contribution in [2.75, 3.05) is 0 Å². The van der Waals surface area contributed by atoms with E-state index in [1.165, 1.54) is 10.3 Å². The van der Waals surface area contributed by atoms with Crippen molar-refractivity contribution in [2.45, 2.75) is 5.33 Å². The Bertz CT molecular complexity index is 490. The van der Waals surface area contributed by atoms with Gasteiger partial charge in [0.05, 0.1) is 0 Å². The molecule has 0 aliphatic heterocycles. The second-order valence-electron chi connectivity index (χ2n) is 2.85. The summed E-state index contributed by atoms with van der Waals surface area (Å²) in [5.74, 6) is 0. The molecule has 0 bridgehead atoms. The van der Waals surface area contributed by atoms with Gasteiger partial charge in [-0.2, -0.15) is 0 Å². The number of carbonyl (C=O) groups is 1. The molecule has 0 fully saturated rings. The molecule has 0 spiro atoms. The van der Waals surface area contributed by atoms with Crippen LogP contribution in [0.5, 0.6) is 0 Å². The summed E-state index contributed by atoms with van der Waals surface area (Å²) in [6.07, 6.45) is 0.872. The quantitative estimate of drug-likeness (QED) is 0.589. The summed E-state index contributed by atoms with van der Waals surface area (Å²) in [5.41, 5.74) is 0.709. The summed E-state index contributed by atoms with van der Waals surface area (Å²) in [7, 11) is 0. The predicted molar refractivity (Wildman–Crippen MR) is 67.5 cm³/mol. The normalized spacial score (nSPS) is 10.7.